The Labute approximate surface area is 213 Å². The van der Waals surface area contributed by atoms with E-state index >= 15 is 0 Å². The highest BCUT2D eigenvalue weighted by Gasteiger charge is 2.51. The molecule has 0 unspecified atom stereocenters. The van der Waals surface area contributed by atoms with Gasteiger partial charge in [-0.3, -0.25) is 0 Å². The maximum absolute atomic E-state index is 6.40. The Bertz CT molecular complexity index is 1320. The van der Waals surface area contributed by atoms with Crippen LogP contribution in [-0.4, -0.2) is 42.8 Å². The summed E-state index contributed by atoms with van der Waals surface area (Å²) in [7, 11) is -1.55. The zero-order valence-corrected chi connectivity index (χ0v) is 23.7. The first-order chi connectivity index (χ1) is 16.4. The van der Waals surface area contributed by atoms with Crippen molar-refractivity contribution in [1.82, 2.24) is 9.78 Å². The molecule has 1 aliphatic heterocycles. The molecule has 5 nitrogen and oxygen atoms in total. The Hall–Kier alpha value is -1.97. The van der Waals surface area contributed by atoms with Crippen LogP contribution in [0.3, 0.4) is 0 Å². The van der Waals surface area contributed by atoms with Gasteiger partial charge in [0.2, 0.25) is 0 Å². The van der Waals surface area contributed by atoms with Gasteiger partial charge in [-0.25, -0.2) is 4.68 Å². The number of aromatic nitrogens is 2. The zero-order chi connectivity index (χ0) is 25.0. The molecule has 1 saturated heterocycles. The summed E-state index contributed by atoms with van der Waals surface area (Å²) < 4.78 is 22.0. The molecule has 4 aromatic rings. The molecular weight excluding hydrogens is 471 g/mol. The zero-order valence-electron chi connectivity index (χ0n) is 21.8. The van der Waals surface area contributed by atoms with Crippen LogP contribution < -0.4 is 5.46 Å². The van der Waals surface area contributed by atoms with E-state index in [0.29, 0.717) is 6.73 Å². The van der Waals surface area contributed by atoms with Gasteiger partial charge in [-0.2, -0.15) is 5.10 Å². The van der Waals surface area contributed by atoms with Crippen molar-refractivity contribution in [3.05, 3.63) is 48.7 Å². The maximum atomic E-state index is 6.40. The predicted octanol–water partition coefficient (Wildman–Crippen LogP) is 6.53. The molecule has 2 aromatic carbocycles. The van der Waals surface area contributed by atoms with Crippen molar-refractivity contribution in [2.75, 3.05) is 6.61 Å². The second-order valence-electron chi connectivity index (χ2n) is 11.8. The van der Waals surface area contributed by atoms with Gasteiger partial charge in [0.15, 0.2) is 0 Å². The van der Waals surface area contributed by atoms with Crippen LogP contribution in [0.1, 0.15) is 27.7 Å². The average molecular weight is 507 g/mol. The van der Waals surface area contributed by atoms with Crippen molar-refractivity contribution >= 4 is 53.0 Å². The molecular formula is C27H35BN2O3SSi. The van der Waals surface area contributed by atoms with Gasteiger partial charge in [-0.15, -0.1) is 11.3 Å². The van der Waals surface area contributed by atoms with Crippen LogP contribution in [0, 0.1) is 0 Å². The highest BCUT2D eigenvalue weighted by Crippen LogP contribution is 2.39. The fourth-order valence-electron chi connectivity index (χ4n) is 4.23. The summed E-state index contributed by atoms with van der Waals surface area (Å²) in [5, 5.41) is 7.26. The highest BCUT2D eigenvalue weighted by molar-refractivity contribution is 7.22. The second kappa shape index (κ2) is 8.85. The van der Waals surface area contributed by atoms with Crippen molar-refractivity contribution in [3.8, 4) is 10.4 Å². The van der Waals surface area contributed by atoms with E-state index in [1.807, 2.05) is 4.68 Å². The van der Waals surface area contributed by atoms with E-state index < -0.39 is 26.4 Å². The average Bonchev–Trinajstić information content (AvgIpc) is 3.43. The number of ether oxygens (including phenoxy) is 1. The van der Waals surface area contributed by atoms with Crippen LogP contribution in [0.5, 0.6) is 0 Å². The fraction of sp³-hybridized carbons (Fsp3) is 0.444. The minimum Gasteiger partial charge on any atom is -0.399 e. The summed E-state index contributed by atoms with van der Waals surface area (Å²) in [6.45, 7) is 16.7. The monoisotopic (exact) mass is 506 g/mol. The van der Waals surface area contributed by atoms with Gasteiger partial charge in [-0.05, 0) is 56.7 Å². The van der Waals surface area contributed by atoms with Crippen LogP contribution in [0.25, 0.3) is 31.4 Å². The number of rotatable bonds is 7. The number of hydrogen-bond acceptors (Lipinski definition) is 5. The summed E-state index contributed by atoms with van der Waals surface area (Å²) >= 11 is 1.79. The predicted molar refractivity (Wildman–Crippen MR) is 150 cm³/mol. The fourth-order valence-corrected chi connectivity index (χ4v) is 6.06. The highest BCUT2D eigenvalue weighted by atomic mass is 32.1. The van der Waals surface area contributed by atoms with Gasteiger partial charge < -0.3 is 14.0 Å². The van der Waals surface area contributed by atoms with Gasteiger partial charge >= 0.3 is 7.12 Å². The van der Waals surface area contributed by atoms with Crippen molar-refractivity contribution in [2.24, 2.45) is 0 Å². The quantitative estimate of drug-likeness (QED) is 0.211. The molecule has 3 heterocycles. The molecule has 184 valence electrons. The molecule has 0 amide bonds. The lowest BCUT2D eigenvalue weighted by Crippen LogP contribution is -2.41. The SMILES string of the molecule is CC1(C)OB(c2cc(-c3cc4ccccc4s3)c3nn(COCC[Si](C)(C)C)cc3c2)OC1(C)C. The lowest BCUT2D eigenvalue weighted by Gasteiger charge is -2.32. The summed E-state index contributed by atoms with van der Waals surface area (Å²) in [5.41, 5.74) is 2.32. The normalized spacial score (nSPS) is 17.6. The minimum atomic E-state index is -1.12. The molecule has 1 aliphatic rings. The number of nitrogens with zero attached hydrogens (tertiary/aromatic N) is 2. The topological polar surface area (TPSA) is 45.5 Å². The number of fused-ring (bicyclic) bond motifs is 2. The Morgan fingerprint density at radius 1 is 1.00 bits per heavy atom. The smallest absolute Gasteiger partial charge is 0.399 e. The third kappa shape index (κ3) is 5.00. The van der Waals surface area contributed by atoms with E-state index in [2.05, 4.69) is 96.0 Å². The van der Waals surface area contributed by atoms with Crippen molar-refractivity contribution < 1.29 is 14.0 Å². The van der Waals surface area contributed by atoms with E-state index in [-0.39, 0.29) is 0 Å². The molecule has 0 bridgehead atoms. The van der Waals surface area contributed by atoms with Crippen LogP contribution in [0.15, 0.2) is 48.7 Å². The van der Waals surface area contributed by atoms with Gasteiger partial charge in [0.05, 0.1) is 11.2 Å². The lowest BCUT2D eigenvalue weighted by molar-refractivity contribution is 0.00578. The molecule has 0 radical (unpaired) electrons. The Kier molecular flexibility index (Phi) is 6.25. The van der Waals surface area contributed by atoms with Crippen LogP contribution in [-0.2, 0) is 20.8 Å². The first-order valence-electron chi connectivity index (χ1n) is 12.4. The van der Waals surface area contributed by atoms with Crippen LogP contribution in [0.2, 0.25) is 25.7 Å². The Morgan fingerprint density at radius 3 is 2.40 bits per heavy atom. The van der Waals surface area contributed by atoms with Crippen molar-refractivity contribution in [2.45, 2.75) is 71.3 Å². The van der Waals surface area contributed by atoms with Gasteiger partial charge in [-0.1, -0.05) is 50.0 Å². The number of thiophene rings is 1. The molecule has 5 rings (SSSR count). The van der Waals surface area contributed by atoms with Crippen molar-refractivity contribution in [3.63, 3.8) is 0 Å². The van der Waals surface area contributed by atoms with Crippen molar-refractivity contribution in [1.29, 1.82) is 0 Å². The standard InChI is InChI=1S/C27H35BN2O3SSi/c1-26(2)27(3,4)33-28(32-26)21-14-20-17-30(18-31-12-13-35(5,6)7)29-25(20)22(16-21)24-15-19-10-8-9-11-23(19)34-24/h8-11,14-17H,12-13,18H2,1-7H3. The summed E-state index contributed by atoms with van der Waals surface area (Å²) in [6.07, 6.45) is 2.08. The molecule has 0 N–H and O–H groups in total. The summed E-state index contributed by atoms with van der Waals surface area (Å²) in [4.78, 5) is 1.19. The largest absolute Gasteiger partial charge is 0.494 e. The van der Waals surface area contributed by atoms with Gasteiger partial charge in [0.25, 0.3) is 0 Å². The Morgan fingerprint density at radius 2 is 1.71 bits per heavy atom. The maximum Gasteiger partial charge on any atom is 0.494 e. The summed E-state index contributed by atoms with van der Waals surface area (Å²) in [5.74, 6) is 0. The molecule has 8 heteroatoms. The molecule has 0 atom stereocenters. The first-order valence-corrected chi connectivity index (χ1v) is 16.9. The number of benzene rings is 2. The Balaban J connectivity index is 1.54. The van der Waals surface area contributed by atoms with Crippen LogP contribution >= 0.6 is 11.3 Å². The minimum absolute atomic E-state index is 0.390. The van der Waals surface area contributed by atoms with E-state index in [4.69, 9.17) is 19.1 Å². The van der Waals surface area contributed by atoms with Gasteiger partial charge in [0.1, 0.15) is 12.2 Å². The molecule has 1 fully saturated rings. The molecule has 2 aromatic heterocycles. The molecule has 35 heavy (non-hydrogen) atoms. The van der Waals surface area contributed by atoms with E-state index in [0.717, 1.165) is 34.6 Å². The lowest BCUT2D eigenvalue weighted by atomic mass is 9.77. The van der Waals surface area contributed by atoms with E-state index in [1.54, 1.807) is 11.3 Å². The third-order valence-electron chi connectivity index (χ3n) is 7.11. The van der Waals surface area contributed by atoms with Gasteiger partial charge in [0, 0.05) is 41.4 Å². The van der Waals surface area contributed by atoms with E-state index in [1.165, 1.54) is 15.0 Å². The summed E-state index contributed by atoms with van der Waals surface area (Å²) in [6, 6.07) is 16.3. The number of hydrogen-bond donors (Lipinski definition) is 0. The molecule has 0 saturated carbocycles. The second-order valence-corrected chi connectivity index (χ2v) is 18.5. The first kappa shape index (κ1) is 24.7. The molecule has 0 spiro atoms. The van der Waals surface area contributed by atoms with E-state index in [9.17, 15) is 0 Å². The molecule has 0 aliphatic carbocycles. The van der Waals surface area contributed by atoms with Crippen LogP contribution in [0.4, 0.5) is 0 Å². The third-order valence-corrected chi connectivity index (χ3v) is 9.97.